The lowest BCUT2D eigenvalue weighted by atomic mass is 9.98. The zero-order valence-corrected chi connectivity index (χ0v) is 23.5. The number of carbonyl (C=O) groups is 4. The summed E-state index contributed by atoms with van der Waals surface area (Å²) < 4.78 is 0. The van der Waals surface area contributed by atoms with Gasteiger partial charge in [-0.2, -0.15) is 0 Å². The number of aromatic carboxylic acids is 4. The van der Waals surface area contributed by atoms with Gasteiger partial charge in [-0.15, -0.1) is 0 Å². The number of benzene rings is 5. The lowest BCUT2D eigenvalue weighted by Gasteiger charge is -2.27. The molecule has 0 saturated heterocycles. The Morgan fingerprint density at radius 3 is 0.698 bits per heavy atom. The molecule has 0 fully saturated rings. The van der Waals surface area contributed by atoms with E-state index in [9.17, 15) is 19.2 Å². The minimum absolute atomic E-state index is 0.511. The Hall–Kier alpha value is -5.59. The average Bonchev–Trinajstić information content (AvgIpc) is 3.03. The second-order valence-corrected chi connectivity index (χ2v) is 12.6. The van der Waals surface area contributed by atoms with Crippen LogP contribution in [0.2, 0.25) is 0 Å². The topological polar surface area (TPSA) is 149 Å². The molecule has 43 heavy (non-hydrogen) atoms. The summed E-state index contributed by atoms with van der Waals surface area (Å²) in [4.78, 5) is 43.1. The lowest BCUT2D eigenvalue weighted by Crippen LogP contribution is -2.38. The highest BCUT2D eigenvalue weighted by atomic mass is 31.2. The van der Waals surface area contributed by atoms with E-state index in [0.717, 1.165) is 0 Å². The lowest BCUT2D eigenvalue weighted by molar-refractivity contribution is 0.0637. The number of hydrogen-bond acceptors (Lipinski definition) is 4. The van der Waals surface area contributed by atoms with E-state index in [1.165, 1.54) is 21.2 Å². The third-order valence-electron chi connectivity index (χ3n) is 6.65. The van der Waals surface area contributed by atoms with Gasteiger partial charge in [-0.25, -0.2) is 19.2 Å². The molecule has 5 aromatic carbocycles. The van der Waals surface area contributed by atoms with Crippen LogP contribution in [0.4, 0.5) is 0 Å². The normalized spacial score (nSPS) is 10.6. The first-order valence-electron chi connectivity index (χ1n) is 12.9. The van der Waals surface area contributed by atoms with Crippen molar-refractivity contribution in [1.29, 1.82) is 0 Å². The molecular formula is C34H26O8P+. The zero-order chi connectivity index (χ0) is 31.0. The molecule has 0 spiro atoms. The van der Waals surface area contributed by atoms with Gasteiger partial charge in [0.25, 0.3) is 0 Å². The van der Waals surface area contributed by atoms with E-state index in [4.69, 9.17) is 20.4 Å². The fraction of sp³-hybridized carbons (Fsp3) is 0. The molecule has 0 aromatic heterocycles. The van der Waals surface area contributed by atoms with Gasteiger partial charge >= 0.3 is 23.9 Å². The minimum Gasteiger partial charge on any atom is -0.478 e. The smallest absolute Gasteiger partial charge is 0.336 e. The zero-order valence-electron chi connectivity index (χ0n) is 22.6. The van der Waals surface area contributed by atoms with Gasteiger partial charge in [-0.05, 0) is 60.7 Å². The first-order chi connectivity index (χ1) is 20.7. The molecule has 0 unspecified atom stereocenters. The first-order valence-corrected chi connectivity index (χ1v) is 14.7. The molecule has 5 aromatic rings. The third kappa shape index (κ3) is 6.35. The molecule has 0 bridgehead atoms. The van der Waals surface area contributed by atoms with Crippen LogP contribution in [0.5, 0.6) is 0 Å². The highest BCUT2D eigenvalue weighted by molar-refractivity contribution is 8.01. The van der Waals surface area contributed by atoms with E-state index in [2.05, 4.69) is 121 Å². The predicted molar refractivity (Wildman–Crippen MR) is 166 cm³/mol. The molecule has 0 heterocycles. The monoisotopic (exact) mass is 593 g/mol. The van der Waals surface area contributed by atoms with Crippen LogP contribution in [0.1, 0.15) is 41.4 Å². The molecule has 9 heteroatoms. The molecule has 4 N–H and O–H groups in total. The molecule has 0 aliphatic rings. The van der Waals surface area contributed by atoms with E-state index in [-0.39, 0.29) is 0 Å². The van der Waals surface area contributed by atoms with Crippen LogP contribution >= 0.6 is 7.26 Å². The summed E-state index contributed by atoms with van der Waals surface area (Å²) >= 11 is 0. The second kappa shape index (κ2) is 13.4. The standard InChI is InChI=1S/C24H20P.C10H6O8/c1-5-13-21(14-6-1)25(22-15-7-2-8-16-22,23-17-9-3-10-18-23)24-19-11-4-12-20-24;11-7(12)3-1-4(8(13)14)6(10(17)18)2-5(3)9(15)16/h1-20H;1-2H,(H,11,12)(H,13,14)(H,15,16)(H,17,18)/q+1;. The van der Waals surface area contributed by atoms with Gasteiger partial charge < -0.3 is 20.4 Å². The van der Waals surface area contributed by atoms with Crippen LogP contribution in [0.15, 0.2) is 133 Å². The molecule has 0 aliphatic carbocycles. The Labute approximate surface area is 247 Å². The van der Waals surface area contributed by atoms with Crippen LogP contribution in [-0.4, -0.2) is 44.3 Å². The van der Waals surface area contributed by atoms with E-state index >= 15 is 0 Å². The van der Waals surface area contributed by atoms with Crippen molar-refractivity contribution in [2.75, 3.05) is 0 Å². The fourth-order valence-corrected chi connectivity index (χ4v) is 9.07. The van der Waals surface area contributed by atoms with Crippen LogP contribution < -0.4 is 21.2 Å². The molecule has 8 nitrogen and oxygen atoms in total. The van der Waals surface area contributed by atoms with Crippen molar-refractivity contribution in [2.45, 2.75) is 0 Å². The quantitative estimate of drug-likeness (QED) is 0.188. The van der Waals surface area contributed by atoms with Gasteiger partial charge in [-0.3, -0.25) is 0 Å². The van der Waals surface area contributed by atoms with E-state index < -0.39 is 53.4 Å². The van der Waals surface area contributed by atoms with Gasteiger partial charge in [0, 0.05) is 0 Å². The van der Waals surface area contributed by atoms with Crippen molar-refractivity contribution in [3.05, 3.63) is 156 Å². The first kappa shape index (κ1) is 30.4. The minimum atomic E-state index is -1.91. The Balaban J connectivity index is 0.000000209. The van der Waals surface area contributed by atoms with Crippen LogP contribution in [-0.2, 0) is 0 Å². The van der Waals surface area contributed by atoms with Gasteiger partial charge in [-0.1, -0.05) is 72.8 Å². The van der Waals surface area contributed by atoms with Crippen LogP contribution in [0, 0.1) is 0 Å². The van der Waals surface area contributed by atoms with Crippen molar-refractivity contribution in [1.82, 2.24) is 0 Å². The molecule has 0 amide bonds. The van der Waals surface area contributed by atoms with Crippen LogP contribution in [0.3, 0.4) is 0 Å². The van der Waals surface area contributed by atoms with E-state index in [1.54, 1.807) is 0 Å². The number of rotatable bonds is 8. The molecule has 5 rings (SSSR count). The van der Waals surface area contributed by atoms with Crippen molar-refractivity contribution < 1.29 is 39.6 Å². The highest BCUT2D eigenvalue weighted by Crippen LogP contribution is 2.53. The van der Waals surface area contributed by atoms with E-state index in [0.29, 0.717) is 12.1 Å². The summed E-state index contributed by atoms with van der Waals surface area (Å²) in [7, 11) is -1.91. The summed E-state index contributed by atoms with van der Waals surface area (Å²) in [5.74, 6) is -6.64. The van der Waals surface area contributed by atoms with E-state index in [1.807, 2.05) is 0 Å². The average molecular weight is 594 g/mol. The number of hydrogen-bond donors (Lipinski definition) is 4. The second-order valence-electron chi connectivity index (χ2n) is 9.18. The van der Waals surface area contributed by atoms with Crippen molar-refractivity contribution in [3.63, 3.8) is 0 Å². The Kier molecular flexibility index (Phi) is 9.45. The molecule has 0 aliphatic heterocycles. The molecule has 0 saturated carbocycles. The summed E-state index contributed by atoms with van der Waals surface area (Å²) in [5.41, 5.74) is -3.15. The largest absolute Gasteiger partial charge is 0.478 e. The Bertz CT molecular complexity index is 1490. The summed E-state index contributed by atoms with van der Waals surface area (Å²) in [6, 6.07) is 44.9. The van der Waals surface area contributed by atoms with Gasteiger partial charge in [0.1, 0.15) is 28.5 Å². The molecular weight excluding hydrogens is 567 g/mol. The van der Waals surface area contributed by atoms with Gasteiger partial charge in [0.05, 0.1) is 22.3 Å². The van der Waals surface area contributed by atoms with Crippen molar-refractivity contribution >= 4 is 52.4 Å². The Morgan fingerprint density at radius 2 is 0.535 bits per heavy atom. The van der Waals surface area contributed by atoms with Crippen molar-refractivity contribution in [3.8, 4) is 0 Å². The maximum atomic E-state index is 10.8. The predicted octanol–water partition coefficient (Wildman–Crippen LogP) is 4.79. The van der Waals surface area contributed by atoms with Gasteiger partial charge in [0.15, 0.2) is 0 Å². The van der Waals surface area contributed by atoms with Crippen LogP contribution in [0.25, 0.3) is 0 Å². The number of carboxylic acid groups (broad SMARTS) is 4. The maximum Gasteiger partial charge on any atom is 0.336 e. The summed E-state index contributed by atoms with van der Waals surface area (Å²) in [6.07, 6.45) is 0. The third-order valence-corrected chi connectivity index (χ3v) is 10.9. The van der Waals surface area contributed by atoms with Crippen molar-refractivity contribution in [2.24, 2.45) is 0 Å². The number of carboxylic acids is 4. The summed E-state index contributed by atoms with van der Waals surface area (Å²) in [5, 5.41) is 40.5. The maximum absolute atomic E-state index is 10.8. The Morgan fingerprint density at radius 1 is 0.349 bits per heavy atom. The van der Waals surface area contributed by atoms with Gasteiger partial charge in [0.2, 0.25) is 0 Å². The molecule has 214 valence electrons. The highest BCUT2D eigenvalue weighted by Gasteiger charge is 2.47. The fourth-order valence-electron chi connectivity index (χ4n) is 4.81. The SMILES string of the molecule is O=C(O)c1cc(C(=O)O)c(C(=O)O)cc1C(=O)O.c1ccc([P+](c2ccccc2)(c2ccccc2)c2ccccc2)cc1. The molecule has 0 atom stereocenters. The molecule has 0 radical (unpaired) electrons. The summed E-state index contributed by atoms with van der Waals surface area (Å²) in [6.45, 7) is 0.